The molecule has 0 amide bonds. The van der Waals surface area contributed by atoms with Crippen LogP contribution in [0.25, 0.3) is 27.8 Å². The van der Waals surface area contributed by atoms with E-state index in [2.05, 4.69) is 35.7 Å². The minimum Gasteiger partial charge on any atom is -0.490 e. The number of aromatic nitrogens is 7. The van der Waals surface area contributed by atoms with Gasteiger partial charge in [0.1, 0.15) is 36.4 Å². The number of nitrogens with zero attached hydrogens (tertiary/aromatic N) is 7. The van der Waals surface area contributed by atoms with Gasteiger partial charge in [0.15, 0.2) is 11.5 Å². The van der Waals surface area contributed by atoms with Crippen molar-refractivity contribution in [1.82, 2.24) is 34.5 Å². The smallest absolute Gasteiger partial charge is 0.318 e. The fourth-order valence-electron chi connectivity index (χ4n) is 3.77. The monoisotopic (exact) mass is 471 g/mol. The molecule has 0 radical (unpaired) electrons. The van der Waals surface area contributed by atoms with E-state index in [0.717, 1.165) is 16.3 Å². The number of hydrogen-bond acceptors (Lipinski definition) is 11. The van der Waals surface area contributed by atoms with E-state index < -0.39 is 0 Å². The SMILES string of the molecule is CNc1ncc2c3cc(ncc13)Nc1ccnc(n1)OCCOCCOc1ccc3nc-2nn3c1. The molecule has 5 aromatic rings. The molecule has 176 valence electrons. The number of fused-ring (bicyclic) bond motifs is 6. The second-order valence-corrected chi connectivity index (χ2v) is 7.65. The van der Waals surface area contributed by atoms with E-state index in [4.69, 9.17) is 19.2 Å². The summed E-state index contributed by atoms with van der Waals surface area (Å²) in [5.74, 6) is 3.05. The molecular weight excluding hydrogens is 450 g/mol. The molecule has 6 rings (SSSR count). The summed E-state index contributed by atoms with van der Waals surface area (Å²) in [5, 5.41) is 12.7. The molecule has 0 fully saturated rings. The van der Waals surface area contributed by atoms with Gasteiger partial charge in [0.2, 0.25) is 0 Å². The Kier molecular flexibility index (Phi) is 5.39. The fourth-order valence-corrected chi connectivity index (χ4v) is 3.77. The highest BCUT2D eigenvalue weighted by Crippen LogP contribution is 2.32. The molecule has 0 atom stereocenters. The van der Waals surface area contributed by atoms with Crippen molar-refractivity contribution in [3.8, 4) is 23.1 Å². The van der Waals surface area contributed by atoms with Crippen molar-refractivity contribution in [3.05, 3.63) is 49.1 Å². The summed E-state index contributed by atoms with van der Waals surface area (Å²) >= 11 is 0. The molecule has 7 bridgehead atoms. The Morgan fingerprint density at radius 1 is 0.914 bits per heavy atom. The van der Waals surface area contributed by atoms with E-state index in [0.29, 0.717) is 61.1 Å². The second-order valence-electron chi connectivity index (χ2n) is 7.65. The van der Waals surface area contributed by atoms with Gasteiger partial charge >= 0.3 is 6.01 Å². The molecule has 1 aliphatic heterocycles. The molecule has 0 saturated heterocycles. The molecule has 0 unspecified atom stereocenters. The normalized spacial score (nSPS) is 14.0. The third-order valence-electron chi connectivity index (χ3n) is 5.40. The maximum absolute atomic E-state index is 5.80. The number of pyridine rings is 3. The fraction of sp³-hybridized carbons (Fsp3) is 0.217. The van der Waals surface area contributed by atoms with Gasteiger partial charge in [0.05, 0.1) is 19.4 Å². The van der Waals surface area contributed by atoms with Crippen molar-refractivity contribution in [1.29, 1.82) is 0 Å². The van der Waals surface area contributed by atoms with Crippen molar-refractivity contribution < 1.29 is 14.2 Å². The first-order valence-corrected chi connectivity index (χ1v) is 11.0. The minimum absolute atomic E-state index is 0.246. The van der Waals surface area contributed by atoms with Crippen LogP contribution in [0, 0.1) is 0 Å². The lowest BCUT2D eigenvalue weighted by Crippen LogP contribution is -2.13. The maximum atomic E-state index is 5.80. The zero-order valence-corrected chi connectivity index (χ0v) is 18.8. The Morgan fingerprint density at radius 2 is 1.83 bits per heavy atom. The number of hydrogen-bond donors (Lipinski definition) is 2. The Morgan fingerprint density at radius 3 is 2.74 bits per heavy atom. The van der Waals surface area contributed by atoms with Crippen LogP contribution in [0.3, 0.4) is 0 Å². The minimum atomic E-state index is 0.246. The highest BCUT2D eigenvalue weighted by Gasteiger charge is 2.15. The summed E-state index contributed by atoms with van der Waals surface area (Å²) in [7, 11) is 1.82. The van der Waals surface area contributed by atoms with Gasteiger partial charge in [-0.05, 0) is 24.3 Å². The quantitative estimate of drug-likeness (QED) is 0.374. The van der Waals surface area contributed by atoms with Gasteiger partial charge in [-0.2, -0.15) is 4.98 Å². The number of anilines is 3. The van der Waals surface area contributed by atoms with Gasteiger partial charge in [-0.15, -0.1) is 5.10 Å². The zero-order chi connectivity index (χ0) is 23.6. The van der Waals surface area contributed by atoms with Gasteiger partial charge in [-0.1, -0.05) is 0 Å². The summed E-state index contributed by atoms with van der Waals surface area (Å²) in [6.45, 7) is 1.49. The van der Waals surface area contributed by atoms with Crippen LogP contribution in [0.15, 0.2) is 49.1 Å². The molecule has 0 aromatic carbocycles. The van der Waals surface area contributed by atoms with Crippen molar-refractivity contribution in [2.24, 2.45) is 0 Å². The lowest BCUT2D eigenvalue weighted by atomic mass is 10.1. The average molecular weight is 471 g/mol. The van der Waals surface area contributed by atoms with E-state index in [1.807, 2.05) is 25.2 Å². The first kappa shape index (κ1) is 21.0. The van der Waals surface area contributed by atoms with Crippen LogP contribution in [0.1, 0.15) is 0 Å². The Labute approximate surface area is 199 Å². The topological polar surface area (TPSA) is 134 Å². The Balaban J connectivity index is 1.48. The van der Waals surface area contributed by atoms with Crippen molar-refractivity contribution in [2.75, 3.05) is 44.1 Å². The maximum Gasteiger partial charge on any atom is 0.318 e. The lowest BCUT2D eigenvalue weighted by Gasteiger charge is -2.11. The van der Waals surface area contributed by atoms with Gasteiger partial charge in [-0.25, -0.2) is 24.5 Å². The predicted molar refractivity (Wildman–Crippen MR) is 128 cm³/mol. The molecule has 12 nitrogen and oxygen atoms in total. The summed E-state index contributed by atoms with van der Waals surface area (Å²) < 4.78 is 18.7. The van der Waals surface area contributed by atoms with Gasteiger partial charge in [0, 0.05) is 42.0 Å². The molecule has 2 N–H and O–H groups in total. The van der Waals surface area contributed by atoms with Crippen molar-refractivity contribution in [3.63, 3.8) is 0 Å². The Bertz CT molecular complexity index is 1520. The van der Waals surface area contributed by atoms with E-state index in [1.165, 1.54) is 0 Å². The largest absolute Gasteiger partial charge is 0.490 e. The first-order chi connectivity index (χ1) is 17.3. The highest BCUT2D eigenvalue weighted by molar-refractivity contribution is 6.01. The molecule has 0 saturated carbocycles. The van der Waals surface area contributed by atoms with E-state index in [-0.39, 0.29) is 6.01 Å². The number of rotatable bonds is 1. The van der Waals surface area contributed by atoms with Crippen molar-refractivity contribution in [2.45, 2.75) is 0 Å². The zero-order valence-electron chi connectivity index (χ0n) is 18.8. The highest BCUT2D eigenvalue weighted by atomic mass is 16.5. The first-order valence-electron chi connectivity index (χ1n) is 11.0. The van der Waals surface area contributed by atoms with Crippen LogP contribution in [0.5, 0.6) is 11.8 Å². The summed E-state index contributed by atoms with van der Waals surface area (Å²) in [6, 6.07) is 7.63. The van der Waals surface area contributed by atoms with Crippen LogP contribution in [0.2, 0.25) is 0 Å². The summed E-state index contributed by atoms with van der Waals surface area (Å²) in [5.41, 5.74) is 1.46. The third-order valence-corrected chi connectivity index (χ3v) is 5.40. The molecule has 35 heavy (non-hydrogen) atoms. The van der Waals surface area contributed by atoms with Gasteiger partial charge in [0.25, 0.3) is 0 Å². The predicted octanol–water partition coefficient (Wildman–Crippen LogP) is 2.70. The number of ether oxygens (including phenoxy) is 3. The summed E-state index contributed by atoms with van der Waals surface area (Å²) in [6.07, 6.45) is 6.92. The molecule has 12 heteroatoms. The van der Waals surface area contributed by atoms with Crippen LogP contribution in [-0.2, 0) is 4.74 Å². The molecule has 1 aliphatic rings. The summed E-state index contributed by atoms with van der Waals surface area (Å²) in [4.78, 5) is 22.4. The number of nitrogens with one attached hydrogen (secondary N) is 2. The van der Waals surface area contributed by atoms with Crippen LogP contribution >= 0.6 is 0 Å². The molecular formula is C23H21N9O3. The lowest BCUT2D eigenvalue weighted by molar-refractivity contribution is 0.0740. The molecule has 0 spiro atoms. The van der Waals surface area contributed by atoms with Crippen LogP contribution in [-0.4, -0.2) is 68.0 Å². The van der Waals surface area contributed by atoms with E-state index in [1.54, 1.807) is 35.4 Å². The molecule has 0 aliphatic carbocycles. The third kappa shape index (κ3) is 4.22. The van der Waals surface area contributed by atoms with E-state index >= 15 is 0 Å². The van der Waals surface area contributed by atoms with Crippen LogP contribution in [0.4, 0.5) is 17.5 Å². The van der Waals surface area contributed by atoms with Gasteiger partial charge < -0.3 is 24.8 Å². The van der Waals surface area contributed by atoms with E-state index in [9.17, 15) is 0 Å². The molecule has 5 aromatic heterocycles. The average Bonchev–Trinajstić information content (AvgIpc) is 3.30. The van der Waals surface area contributed by atoms with Gasteiger partial charge in [-0.3, -0.25) is 0 Å². The van der Waals surface area contributed by atoms with Crippen LogP contribution < -0.4 is 20.1 Å². The molecule has 6 heterocycles. The Hall–Kier alpha value is -4.58. The van der Waals surface area contributed by atoms with Crippen molar-refractivity contribution >= 4 is 33.9 Å². The second kappa shape index (κ2) is 8.99. The standard InChI is InChI=1S/C23H21N9O3/c1-24-21-16-11-26-19-10-15(16)17(12-27-21)22-30-20-3-2-14(13-32(20)31-22)34-8-6-33-7-9-35-23-25-5-4-18(28-19)29-23/h2-5,10-13H,6-9H2,1H3,(H,24,27)(H,25,26,28,29).